The van der Waals surface area contributed by atoms with Gasteiger partial charge >= 0.3 is 0 Å². The predicted octanol–water partition coefficient (Wildman–Crippen LogP) is 4.43. The van der Waals surface area contributed by atoms with Crippen LogP contribution in [0.15, 0.2) is 54.6 Å². The lowest BCUT2D eigenvalue weighted by molar-refractivity contribution is 0.103. The van der Waals surface area contributed by atoms with Crippen molar-refractivity contribution in [1.29, 1.82) is 0 Å². The fourth-order valence-corrected chi connectivity index (χ4v) is 2.69. The Hall–Kier alpha value is -2.75. The molecule has 4 heteroatoms. The molecule has 0 saturated carbocycles. The molecule has 2 nitrogen and oxygen atoms in total. The van der Waals surface area contributed by atoms with Gasteiger partial charge in [-0.1, -0.05) is 35.9 Å². The minimum absolute atomic E-state index is 0.00744. The Balaban J connectivity index is 1.91. The van der Waals surface area contributed by atoms with E-state index in [2.05, 4.69) is 0 Å². The van der Waals surface area contributed by atoms with Crippen molar-refractivity contribution in [3.05, 3.63) is 94.3 Å². The van der Waals surface area contributed by atoms with Crippen LogP contribution in [0.1, 0.15) is 32.9 Å². The molecule has 1 heterocycles. The molecular formula is C20H17F2NO. The Kier molecular flexibility index (Phi) is 4.30. The van der Waals surface area contributed by atoms with E-state index < -0.39 is 11.6 Å². The van der Waals surface area contributed by atoms with Gasteiger partial charge in [-0.15, -0.1) is 0 Å². The third kappa shape index (κ3) is 3.00. The van der Waals surface area contributed by atoms with Crippen molar-refractivity contribution in [1.82, 2.24) is 4.57 Å². The molecule has 0 aliphatic carbocycles. The fraction of sp³-hybridized carbons (Fsp3) is 0.150. The van der Waals surface area contributed by atoms with Gasteiger partial charge in [-0.05, 0) is 31.2 Å². The Morgan fingerprint density at radius 1 is 0.958 bits per heavy atom. The zero-order valence-corrected chi connectivity index (χ0v) is 13.5. The molecule has 0 bridgehead atoms. The molecule has 1 aromatic heterocycles. The smallest absolute Gasteiger partial charge is 0.209 e. The second-order valence-corrected chi connectivity index (χ2v) is 5.84. The molecule has 0 spiro atoms. The number of halogens is 2. The maximum absolute atomic E-state index is 13.8. The molecule has 24 heavy (non-hydrogen) atoms. The van der Waals surface area contributed by atoms with Crippen LogP contribution in [0.5, 0.6) is 0 Å². The summed E-state index contributed by atoms with van der Waals surface area (Å²) >= 11 is 0. The first-order chi connectivity index (χ1) is 11.5. The summed E-state index contributed by atoms with van der Waals surface area (Å²) in [6, 6.07) is 14.5. The van der Waals surface area contributed by atoms with Crippen LogP contribution in [-0.2, 0) is 13.5 Å². The number of carbonyl (C=O) groups excluding carboxylic acids is 1. The minimum atomic E-state index is -0.581. The van der Waals surface area contributed by atoms with Gasteiger partial charge in [0.1, 0.15) is 11.6 Å². The van der Waals surface area contributed by atoms with E-state index in [1.165, 1.54) is 18.2 Å². The Bertz CT molecular complexity index is 874. The lowest BCUT2D eigenvalue weighted by atomic mass is 10.1. The van der Waals surface area contributed by atoms with Gasteiger partial charge in [0, 0.05) is 30.3 Å². The number of nitrogens with zero attached hydrogens (tertiary/aromatic N) is 1. The molecule has 0 amide bonds. The summed E-state index contributed by atoms with van der Waals surface area (Å²) in [6.07, 6.45) is 0.0934. The Morgan fingerprint density at radius 3 is 2.21 bits per heavy atom. The van der Waals surface area contributed by atoms with Crippen LogP contribution in [0.3, 0.4) is 0 Å². The van der Waals surface area contributed by atoms with Gasteiger partial charge < -0.3 is 4.57 Å². The zero-order chi connectivity index (χ0) is 17.3. The second kappa shape index (κ2) is 6.40. The van der Waals surface area contributed by atoms with Crippen molar-refractivity contribution < 1.29 is 13.6 Å². The van der Waals surface area contributed by atoms with Crippen LogP contribution in [0.25, 0.3) is 0 Å². The number of carbonyl (C=O) groups is 1. The van der Waals surface area contributed by atoms with E-state index in [4.69, 9.17) is 0 Å². The van der Waals surface area contributed by atoms with Crippen LogP contribution in [0.2, 0.25) is 0 Å². The van der Waals surface area contributed by atoms with Gasteiger partial charge in [0.05, 0.1) is 5.69 Å². The predicted molar refractivity (Wildman–Crippen MR) is 89.2 cm³/mol. The number of aromatic nitrogens is 1. The summed E-state index contributed by atoms with van der Waals surface area (Å²) in [4.78, 5) is 12.6. The lowest BCUT2D eigenvalue weighted by Crippen LogP contribution is -2.10. The van der Waals surface area contributed by atoms with Crippen LogP contribution in [0.4, 0.5) is 8.78 Å². The normalized spacial score (nSPS) is 10.8. The summed E-state index contributed by atoms with van der Waals surface area (Å²) in [5.74, 6) is -1.28. The highest BCUT2D eigenvalue weighted by molar-refractivity contribution is 6.08. The van der Waals surface area contributed by atoms with E-state index in [1.54, 1.807) is 35.9 Å². The maximum Gasteiger partial charge on any atom is 0.209 e. The third-order valence-corrected chi connectivity index (χ3v) is 4.19. The van der Waals surface area contributed by atoms with E-state index >= 15 is 0 Å². The summed E-state index contributed by atoms with van der Waals surface area (Å²) < 4.78 is 29.3. The van der Waals surface area contributed by atoms with Crippen molar-refractivity contribution in [3.63, 3.8) is 0 Å². The van der Waals surface area contributed by atoms with Gasteiger partial charge in [0.2, 0.25) is 5.78 Å². The average molecular weight is 325 g/mol. The number of benzene rings is 2. The van der Waals surface area contributed by atoms with Gasteiger partial charge in [0.25, 0.3) is 0 Å². The van der Waals surface area contributed by atoms with Crippen LogP contribution >= 0.6 is 0 Å². The van der Waals surface area contributed by atoms with Crippen molar-refractivity contribution in [2.75, 3.05) is 0 Å². The Labute approximate surface area is 139 Å². The third-order valence-electron chi connectivity index (χ3n) is 4.19. The highest BCUT2D eigenvalue weighted by Gasteiger charge is 2.17. The summed E-state index contributed by atoms with van der Waals surface area (Å²) in [5.41, 5.74) is 2.84. The molecule has 0 radical (unpaired) electrons. The van der Waals surface area contributed by atoms with Crippen LogP contribution in [-0.4, -0.2) is 10.4 Å². The summed E-state index contributed by atoms with van der Waals surface area (Å²) in [6.45, 7) is 1.96. The highest BCUT2D eigenvalue weighted by Crippen LogP contribution is 2.20. The molecule has 0 aliphatic rings. The van der Waals surface area contributed by atoms with Gasteiger partial charge in [0.15, 0.2) is 0 Å². The van der Waals surface area contributed by atoms with Crippen molar-refractivity contribution >= 4 is 5.78 Å². The SMILES string of the molecule is Cc1ccc(C(=O)c2ccc(Cc3c(F)cccc3F)n2C)cc1. The van der Waals surface area contributed by atoms with E-state index in [0.29, 0.717) is 17.0 Å². The molecule has 0 fully saturated rings. The molecule has 3 aromatic rings. The van der Waals surface area contributed by atoms with E-state index in [0.717, 1.165) is 5.56 Å². The zero-order valence-electron chi connectivity index (χ0n) is 13.5. The molecule has 0 N–H and O–H groups in total. The molecule has 0 unspecified atom stereocenters. The van der Waals surface area contributed by atoms with E-state index in [1.807, 2.05) is 19.1 Å². The summed E-state index contributed by atoms with van der Waals surface area (Å²) in [5, 5.41) is 0. The molecule has 0 aliphatic heterocycles. The maximum atomic E-state index is 13.8. The molecule has 0 saturated heterocycles. The molecular weight excluding hydrogens is 308 g/mol. The fourth-order valence-electron chi connectivity index (χ4n) is 2.69. The van der Waals surface area contributed by atoms with Gasteiger partial charge in [-0.2, -0.15) is 0 Å². The number of ketones is 1. The first kappa shape index (κ1) is 16.1. The quantitative estimate of drug-likeness (QED) is 0.650. The molecule has 2 aromatic carbocycles. The number of aryl methyl sites for hydroxylation is 1. The topological polar surface area (TPSA) is 22.0 Å². The van der Waals surface area contributed by atoms with Crippen LogP contribution < -0.4 is 0 Å². The van der Waals surface area contributed by atoms with Gasteiger partial charge in [-0.3, -0.25) is 4.79 Å². The number of rotatable bonds is 4. The highest BCUT2D eigenvalue weighted by atomic mass is 19.1. The second-order valence-electron chi connectivity index (χ2n) is 5.84. The first-order valence-corrected chi connectivity index (χ1v) is 7.66. The number of hydrogen-bond acceptors (Lipinski definition) is 1. The van der Waals surface area contributed by atoms with Crippen molar-refractivity contribution in [3.8, 4) is 0 Å². The van der Waals surface area contributed by atoms with Crippen molar-refractivity contribution in [2.45, 2.75) is 13.3 Å². The van der Waals surface area contributed by atoms with Gasteiger partial charge in [-0.25, -0.2) is 8.78 Å². The first-order valence-electron chi connectivity index (χ1n) is 7.66. The monoisotopic (exact) mass is 325 g/mol. The lowest BCUT2D eigenvalue weighted by Gasteiger charge is -2.09. The average Bonchev–Trinajstić information content (AvgIpc) is 2.92. The Morgan fingerprint density at radius 2 is 1.58 bits per heavy atom. The largest absolute Gasteiger partial charge is 0.345 e. The minimum Gasteiger partial charge on any atom is -0.345 e. The van der Waals surface area contributed by atoms with E-state index in [9.17, 15) is 13.6 Å². The standard InChI is InChI=1S/C20H17F2NO/c1-13-6-8-14(9-7-13)20(24)19-11-10-15(23(19)2)12-16-17(21)4-3-5-18(16)22/h3-11H,12H2,1-2H3. The van der Waals surface area contributed by atoms with E-state index in [-0.39, 0.29) is 17.8 Å². The molecule has 122 valence electrons. The van der Waals surface area contributed by atoms with Crippen molar-refractivity contribution in [2.24, 2.45) is 7.05 Å². The summed E-state index contributed by atoms with van der Waals surface area (Å²) in [7, 11) is 1.73. The molecule has 3 rings (SSSR count). The number of hydrogen-bond donors (Lipinski definition) is 0. The molecule has 0 atom stereocenters. The van der Waals surface area contributed by atoms with Crippen LogP contribution in [0, 0.1) is 18.6 Å².